The molecule has 2 amide bonds. The zero-order chi connectivity index (χ0) is 31.9. The van der Waals surface area contributed by atoms with Crippen molar-refractivity contribution in [2.75, 3.05) is 27.4 Å². The van der Waals surface area contributed by atoms with Crippen LogP contribution in [0.15, 0.2) is 91.0 Å². The van der Waals surface area contributed by atoms with Crippen LogP contribution < -0.4 is 29.8 Å². The number of carbonyl (C=O) groups is 2. The molecule has 44 heavy (non-hydrogen) atoms. The number of amides is 2. The summed E-state index contributed by atoms with van der Waals surface area (Å²) in [4.78, 5) is 24.1. The minimum atomic E-state index is -0.387. The number of nitrogens with one attached hydrogen (secondary N) is 2. The van der Waals surface area contributed by atoms with E-state index in [0.717, 1.165) is 22.3 Å². The maximum Gasteiger partial charge on any atom is 0.277 e. The summed E-state index contributed by atoms with van der Waals surface area (Å²) in [7, 11) is 3.15. The number of benzene rings is 3. The third-order valence-corrected chi connectivity index (χ3v) is 6.88. The molecule has 0 unspecified atom stereocenters. The van der Waals surface area contributed by atoms with Crippen molar-refractivity contribution in [3.05, 3.63) is 91.9 Å². The minimum absolute atomic E-state index is 0.187. The van der Waals surface area contributed by atoms with Crippen LogP contribution in [0.2, 0.25) is 0 Å². The molecule has 0 aliphatic heterocycles. The summed E-state index contributed by atoms with van der Waals surface area (Å²) in [5, 5.41) is 7.98. The molecule has 0 saturated carbocycles. The lowest BCUT2D eigenvalue weighted by atomic mass is 10.1. The van der Waals surface area contributed by atoms with Gasteiger partial charge in [0.25, 0.3) is 11.8 Å². The fourth-order valence-electron chi connectivity index (χ4n) is 3.50. The van der Waals surface area contributed by atoms with Gasteiger partial charge in [-0.3, -0.25) is 9.59 Å². The molecule has 0 atom stereocenters. The third kappa shape index (κ3) is 11.7. The molecular formula is C32H32Br2N4O6. The number of hydrazone groups is 2. The number of hydrogen-bond acceptors (Lipinski definition) is 8. The van der Waals surface area contributed by atoms with E-state index < -0.39 is 0 Å². The quantitative estimate of drug-likeness (QED) is 0.147. The molecule has 0 aliphatic carbocycles. The van der Waals surface area contributed by atoms with Crippen LogP contribution in [0.25, 0.3) is 12.2 Å². The van der Waals surface area contributed by atoms with E-state index in [2.05, 4.69) is 52.9 Å². The van der Waals surface area contributed by atoms with Crippen LogP contribution in [0.3, 0.4) is 0 Å². The monoisotopic (exact) mass is 726 g/mol. The number of carbonyl (C=O) groups excluding carboxylic acids is 2. The second kappa shape index (κ2) is 17.6. The summed E-state index contributed by atoms with van der Waals surface area (Å²) in [5.41, 5.74) is 8.52. The largest absolute Gasteiger partial charge is 0.497 e. The van der Waals surface area contributed by atoms with E-state index in [4.69, 9.17) is 18.9 Å². The number of hydrogen-bond donors (Lipinski definition) is 2. The Hall–Kier alpha value is -4.42. The van der Waals surface area contributed by atoms with Gasteiger partial charge in [-0.05, 0) is 104 Å². The third-order valence-electron chi connectivity index (χ3n) is 5.64. The minimum Gasteiger partial charge on any atom is -0.497 e. The second-order valence-corrected chi connectivity index (χ2v) is 10.9. The van der Waals surface area contributed by atoms with Crippen LogP contribution in [-0.4, -0.2) is 51.7 Å². The van der Waals surface area contributed by atoms with Crippen molar-refractivity contribution in [1.29, 1.82) is 0 Å². The van der Waals surface area contributed by atoms with E-state index in [1.54, 1.807) is 63.0 Å². The topological polar surface area (TPSA) is 120 Å². The van der Waals surface area contributed by atoms with Gasteiger partial charge in [-0.15, -0.1) is 0 Å². The van der Waals surface area contributed by atoms with Gasteiger partial charge in [0.1, 0.15) is 23.0 Å². The first-order valence-electron chi connectivity index (χ1n) is 13.2. The number of halogens is 2. The maximum atomic E-state index is 12.1. The zero-order valence-electron chi connectivity index (χ0n) is 24.6. The van der Waals surface area contributed by atoms with Gasteiger partial charge < -0.3 is 18.9 Å². The van der Waals surface area contributed by atoms with Crippen molar-refractivity contribution in [2.45, 2.75) is 13.8 Å². The lowest BCUT2D eigenvalue weighted by molar-refractivity contribution is -0.123. The molecule has 12 heteroatoms. The fraction of sp³-hybridized carbons (Fsp3) is 0.188. The lowest BCUT2D eigenvalue weighted by Gasteiger charge is -2.08. The highest BCUT2D eigenvalue weighted by molar-refractivity contribution is 9.11. The standard InChI is InChI=1S/C32H32Br2N4O6/c1-21(17-35-37-31(39)19-43-29-11-9-25(41-3)15-27(29)33)13-23-5-7-24(8-6-23)14-22(2)18-36-38-32(40)20-44-30-12-10-26(42-4)16-28(30)34/h5-18H,19-20H2,1-4H3,(H,37,39)(H,38,40)/b21-13-,22-14-,35-17+,36-18+. The van der Waals surface area contributed by atoms with E-state index in [1.165, 1.54) is 0 Å². The highest BCUT2D eigenvalue weighted by atomic mass is 79.9. The molecule has 230 valence electrons. The van der Waals surface area contributed by atoms with Crippen molar-refractivity contribution < 1.29 is 28.5 Å². The fourth-order valence-corrected chi connectivity index (χ4v) is 4.45. The Morgan fingerprint density at radius 1 is 0.682 bits per heavy atom. The molecule has 0 aliphatic rings. The van der Waals surface area contributed by atoms with Gasteiger partial charge in [0.15, 0.2) is 13.2 Å². The van der Waals surface area contributed by atoms with Crippen molar-refractivity contribution >= 4 is 68.3 Å². The van der Waals surface area contributed by atoms with Crippen molar-refractivity contribution in [3.63, 3.8) is 0 Å². The number of ether oxygens (including phenoxy) is 4. The summed E-state index contributed by atoms with van der Waals surface area (Å²) in [5.74, 6) is 1.62. The summed E-state index contributed by atoms with van der Waals surface area (Å²) < 4.78 is 22.7. The Bertz CT molecular complexity index is 1450. The highest BCUT2D eigenvalue weighted by Crippen LogP contribution is 2.30. The maximum absolute atomic E-state index is 12.1. The number of methoxy groups -OCH3 is 2. The molecule has 0 spiro atoms. The average molecular weight is 728 g/mol. The van der Waals surface area contributed by atoms with E-state index in [0.29, 0.717) is 31.9 Å². The first kappa shape index (κ1) is 34.1. The molecule has 2 N–H and O–H groups in total. The average Bonchev–Trinajstić information content (AvgIpc) is 3.00. The van der Waals surface area contributed by atoms with Gasteiger partial charge in [0.2, 0.25) is 0 Å². The van der Waals surface area contributed by atoms with E-state index in [9.17, 15) is 9.59 Å². The van der Waals surface area contributed by atoms with Crippen LogP contribution in [-0.2, 0) is 9.59 Å². The van der Waals surface area contributed by atoms with Gasteiger partial charge in [-0.1, -0.05) is 36.4 Å². The van der Waals surface area contributed by atoms with E-state index in [-0.39, 0.29) is 25.0 Å². The summed E-state index contributed by atoms with van der Waals surface area (Å²) >= 11 is 6.77. The molecule has 0 heterocycles. The van der Waals surface area contributed by atoms with Crippen LogP contribution in [0, 0.1) is 0 Å². The second-order valence-electron chi connectivity index (χ2n) is 9.20. The van der Waals surface area contributed by atoms with Gasteiger partial charge in [0, 0.05) is 0 Å². The number of rotatable bonds is 14. The Balaban J connectivity index is 1.42. The molecule has 3 rings (SSSR count). The van der Waals surface area contributed by atoms with Gasteiger partial charge in [-0.2, -0.15) is 10.2 Å². The SMILES string of the molecule is COc1ccc(OCC(=O)N/N=C/C(C)=C\c2ccc(/C=C(C)\C=N\NC(=O)COc3ccc(OC)cc3Br)cc2)c(Br)c1. The molecule has 3 aromatic carbocycles. The molecule has 0 aromatic heterocycles. The van der Waals surface area contributed by atoms with E-state index in [1.807, 2.05) is 50.3 Å². The summed E-state index contributed by atoms with van der Waals surface area (Å²) in [6, 6.07) is 18.3. The molecular weight excluding hydrogens is 696 g/mol. The van der Waals surface area contributed by atoms with Crippen LogP contribution >= 0.6 is 31.9 Å². The highest BCUT2D eigenvalue weighted by Gasteiger charge is 2.07. The first-order chi connectivity index (χ1) is 21.2. The van der Waals surface area contributed by atoms with Crippen LogP contribution in [0.5, 0.6) is 23.0 Å². The Morgan fingerprint density at radius 3 is 1.41 bits per heavy atom. The predicted octanol–water partition coefficient (Wildman–Crippen LogP) is 6.40. The van der Waals surface area contributed by atoms with Crippen LogP contribution in [0.4, 0.5) is 0 Å². The van der Waals surface area contributed by atoms with Crippen molar-refractivity contribution in [2.24, 2.45) is 10.2 Å². The van der Waals surface area contributed by atoms with Gasteiger partial charge >= 0.3 is 0 Å². The molecule has 10 nitrogen and oxygen atoms in total. The Morgan fingerprint density at radius 2 is 1.07 bits per heavy atom. The lowest BCUT2D eigenvalue weighted by Crippen LogP contribution is -2.24. The zero-order valence-corrected chi connectivity index (χ0v) is 27.8. The molecule has 0 saturated heterocycles. The van der Waals surface area contributed by atoms with Gasteiger partial charge in [-0.25, -0.2) is 10.9 Å². The predicted molar refractivity (Wildman–Crippen MR) is 179 cm³/mol. The van der Waals surface area contributed by atoms with Gasteiger partial charge in [0.05, 0.1) is 35.6 Å². The number of nitrogens with zero attached hydrogens (tertiary/aromatic N) is 2. The summed E-state index contributed by atoms with van der Waals surface area (Å²) in [6.07, 6.45) is 6.99. The molecule has 0 radical (unpaired) electrons. The summed E-state index contributed by atoms with van der Waals surface area (Å²) in [6.45, 7) is 3.38. The van der Waals surface area contributed by atoms with E-state index >= 15 is 0 Å². The van der Waals surface area contributed by atoms with Crippen LogP contribution in [0.1, 0.15) is 25.0 Å². The van der Waals surface area contributed by atoms with Crippen molar-refractivity contribution in [1.82, 2.24) is 10.9 Å². The molecule has 3 aromatic rings. The number of allylic oxidation sites excluding steroid dienone is 2. The Kier molecular flexibility index (Phi) is 13.7. The Labute approximate surface area is 273 Å². The normalized spacial score (nSPS) is 11.9. The van der Waals surface area contributed by atoms with Crippen molar-refractivity contribution in [3.8, 4) is 23.0 Å². The molecule has 0 fully saturated rings. The molecule has 0 bridgehead atoms. The smallest absolute Gasteiger partial charge is 0.277 e. The first-order valence-corrected chi connectivity index (χ1v) is 14.8.